The molecule has 2 aromatic rings. The Morgan fingerprint density at radius 1 is 1.19 bits per heavy atom. The molecule has 0 aliphatic carbocycles. The summed E-state index contributed by atoms with van der Waals surface area (Å²) >= 11 is 0. The lowest BCUT2D eigenvalue weighted by atomic mass is 10.0. The quantitative estimate of drug-likeness (QED) is 0.630. The van der Waals surface area contributed by atoms with Crippen molar-refractivity contribution in [3.05, 3.63) is 54.0 Å². The minimum atomic E-state index is 0.102. The molecule has 3 nitrogen and oxygen atoms in total. The van der Waals surface area contributed by atoms with E-state index >= 15 is 0 Å². The van der Waals surface area contributed by atoms with Crippen molar-refractivity contribution in [1.82, 2.24) is 0 Å². The van der Waals surface area contributed by atoms with Crippen molar-refractivity contribution < 1.29 is 9.21 Å². The third-order valence-corrected chi connectivity index (χ3v) is 2.46. The van der Waals surface area contributed by atoms with Gasteiger partial charge in [0.2, 0.25) is 0 Å². The average molecular weight is 215 g/mol. The number of rotatable bonds is 4. The van der Waals surface area contributed by atoms with E-state index in [0.29, 0.717) is 12.0 Å². The van der Waals surface area contributed by atoms with Crippen LogP contribution in [0.5, 0.6) is 0 Å². The summed E-state index contributed by atoms with van der Waals surface area (Å²) in [6.45, 7) is 0. The fourth-order valence-corrected chi connectivity index (χ4v) is 1.51. The molecule has 1 heterocycles. The first-order chi connectivity index (χ1) is 7.75. The Kier molecular flexibility index (Phi) is 3.05. The van der Waals surface area contributed by atoms with Gasteiger partial charge in [-0.3, -0.25) is 4.79 Å². The van der Waals surface area contributed by atoms with Gasteiger partial charge in [-0.2, -0.15) is 0 Å². The number of hydrogen-bond donors (Lipinski definition) is 1. The van der Waals surface area contributed by atoms with Gasteiger partial charge in [0.15, 0.2) is 5.78 Å². The van der Waals surface area contributed by atoms with Crippen molar-refractivity contribution in [2.45, 2.75) is 12.8 Å². The Morgan fingerprint density at radius 3 is 2.56 bits per heavy atom. The predicted molar refractivity (Wildman–Crippen MR) is 62.2 cm³/mol. The fourth-order valence-electron chi connectivity index (χ4n) is 1.51. The summed E-state index contributed by atoms with van der Waals surface area (Å²) in [5.41, 5.74) is 8.07. The normalized spacial score (nSPS) is 10.2. The first-order valence-corrected chi connectivity index (χ1v) is 5.15. The number of benzene rings is 1. The molecule has 0 amide bonds. The predicted octanol–water partition coefficient (Wildman–Crippen LogP) is 2.68. The summed E-state index contributed by atoms with van der Waals surface area (Å²) in [6, 6.07) is 9.26. The van der Waals surface area contributed by atoms with Gasteiger partial charge in [-0.25, -0.2) is 0 Å². The smallest absolute Gasteiger partial charge is 0.166 e. The number of furan rings is 1. The monoisotopic (exact) mass is 215 g/mol. The molecule has 2 N–H and O–H groups in total. The third-order valence-electron chi connectivity index (χ3n) is 2.46. The van der Waals surface area contributed by atoms with E-state index in [-0.39, 0.29) is 5.78 Å². The van der Waals surface area contributed by atoms with E-state index in [2.05, 4.69) is 0 Å². The summed E-state index contributed by atoms with van der Waals surface area (Å²) in [6.07, 6.45) is 4.20. The molecule has 0 bridgehead atoms. The number of carbonyl (C=O) groups is 1. The van der Waals surface area contributed by atoms with Gasteiger partial charge in [0.05, 0.1) is 11.8 Å². The van der Waals surface area contributed by atoms with Crippen LogP contribution >= 0.6 is 0 Å². The van der Waals surface area contributed by atoms with E-state index in [0.717, 1.165) is 17.7 Å². The summed E-state index contributed by atoms with van der Waals surface area (Å²) in [7, 11) is 0. The lowest BCUT2D eigenvalue weighted by Gasteiger charge is -2.00. The first kappa shape index (κ1) is 10.5. The maximum Gasteiger partial charge on any atom is 0.166 e. The third kappa shape index (κ3) is 2.51. The van der Waals surface area contributed by atoms with Gasteiger partial charge in [0.1, 0.15) is 6.26 Å². The molecule has 0 fully saturated rings. The van der Waals surface area contributed by atoms with Crippen LogP contribution in [0.15, 0.2) is 47.3 Å². The van der Waals surface area contributed by atoms with Crippen molar-refractivity contribution in [2.75, 3.05) is 5.73 Å². The molecule has 0 atom stereocenters. The van der Waals surface area contributed by atoms with Gasteiger partial charge in [-0.15, -0.1) is 0 Å². The minimum absolute atomic E-state index is 0.102. The number of nitrogens with two attached hydrogens (primary N) is 1. The van der Waals surface area contributed by atoms with Crippen LogP contribution in [0.1, 0.15) is 22.3 Å². The van der Waals surface area contributed by atoms with Crippen molar-refractivity contribution in [3.8, 4) is 0 Å². The molecule has 82 valence electrons. The van der Waals surface area contributed by atoms with E-state index in [4.69, 9.17) is 10.2 Å². The van der Waals surface area contributed by atoms with Gasteiger partial charge >= 0.3 is 0 Å². The summed E-state index contributed by atoms with van der Waals surface area (Å²) < 4.78 is 4.87. The highest BCUT2D eigenvalue weighted by Gasteiger charge is 2.06. The van der Waals surface area contributed by atoms with Crippen LogP contribution in [-0.2, 0) is 6.42 Å². The molecule has 2 rings (SSSR count). The molecular weight excluding hydrogens is 202 g/mol. The van der Waals surface area contributed by atoms with Crippen LogP contribution in [0.25, 0.3) is 0 Å². The summed E-state index contributed by atoms with van der Waals surface area (Å²) in [5.74, 6) is 0.102. The highest BCUT2D eigenvalue weighted by molar-refractivity contribution is 5.95. The highest BCUT2D eigenvalue weighted by Crippen LogP contribution is 2.10. The fraction of sp³-hybridized carbons (Fsp3) is 0.154. The second-order valence-corrected chi connectivity index (χ2v) is 3.68. The van der Waals surface area contributed by atoms with Gasteiger partial charge in [0, 0.05) is 12.1 Å². The molecule has 3 heteroatoms. The molecule has 0 aliphatic heterocycles. The Bertz CT molecular complexity index is 457. The van der Waals surface area contributed by atoms with Gasteiger partial charge in [0.25, 0.3) is 0 Å². The Balaban J connectivity index is 1.93. The zero-order valence-corrected chi connectivity index (χ0v) is 8.85. The maximum absolute atomic E-state index is 11.7. The number of carbonyl (C=O) groups excluding carboxylic acids is 1. The molecule has 0 unspecified atom stereocenters. The molecule has 0 aliphatic rings. The average Bonchev–Trinajstić information content (AvgIpc) is 2.81. The maximum atomic E-state index is 11.7. The standard InChI is InChI=1S/C13H13NO2/c14-12-4-1-10(2-5-12)3-6-13(15)11-7-8-16-9-11/h1-2,4-5,7-9H,3,6,14H2. The van der Waals surface area contributed by atoms with Crippen molar-refractivity contribution in [2.24, 2.45) is 0 Å². The Morgan fingerprint density at radius 2 is 1.94 bits per heavy atom. The number of hydrogen-bond acceptors (Lipinski definition) is 3. The van der Waals surface area contributed by atoms with E-state index < -0.39 is 0 Å². The molecule has 1 aromatic heterocycles. The topological polar surface area (TPSA) is 56.2 Å². The van der Waals surface area contributed by atoms with Crippen LogP contribution < -0.4 is 5.73 Å². The van der Waals surface area contributed by atoms with E-state index in [1.807, 2.05) is 24.3 Å². The molecule has 0 saturated carbocycles. The molecule has 1 aromatic carbocycles. The summed E-state index contributed by atoms with van der Waals surface area (Å²) in [4.78, 5) is 11.7. The second-order valence-electron chi connectivity index (χ2n) is 3.68. The number of anilines is 1. The van der Waals surface area contributed by atoms with Crippen LogP contribution in [0.3, 0.4) is 0 Å². The number of Topliss-reactive ketones (excluding diaryl/α,β-unsaturated/α-hetero) is 1. The molecule has 0 radical (unpaired) electrons. The van der Waals surface area contributed by atoms with E-state index in [1.54, 1.807) is 6.07 Å². The first-order valence-electron chi connectivity index (χ1n) is 5.15. The second kappa shape index (κ2) is 4.66. The zero-order valence-electron chi connectivity index (χ0n) is 8.85. The number of ketones is 1. The molecule has 0 saturated heterocycles. The van der Waals surface area contributed by atoms with Crippen LogP contribution in [0.4, 0.5) is 5.69 Å². The lowest BCUT2D eigenvalue weighted by Crippen LogP contribution is -1.99. The summed E-state index contributed by atoms with van der Waals surface area (Å²) in [5, 5.41) is 0. The molecule has 0 spiro atoms. The van der Waals surface area contributed by atoms with Crippen LogP contribution in [0, 0.1) is 0 Å². The van der Waals surface area contributed by atoms with E-state index in [9.17, 15) is 4.79 Å². The minimum Gasteiger partial charge on any atom is -0.472 e. The Labute approximate surface area is 93.9 Å². The van der Waals surface area contributed by atoms with Crippen LogP contribution in [-0.4, -0.2) is 5.78 Å². The number of aryl methyl sites for hydroxylation is 1. The van der Waals surface area contributed by atoms with Gasteiger partial charge in [-0.1, -0.05) is 12.1 Å². The van der Waals surface area contributed by atoms with Gasteiger partial charge in [-0.05, 0) is 30.2 Å². The van der Waals surface area contributed by atoms with Crippen molar-refractivity contribution in [1.29, 1.82) is 0 Å². The van der Waals surface area contributed by atoms with Crippen molar-refractivity contribution >= 4 is 11.5 Å². The Hall–Kier alpha value is -2.03. The molecular formula is C13H13NO2. The zero-order chi connectivity index (χ0) is 11.4. The highest BCUT2D eigenvalue weighted by atomic mass is 16.3. The lowest BCUT2D eigenvalue weighted by molar-refractivity contribution is 0.0982. The largest absolute Gasteiger partial charge is 0.472 e. The van der Waals surface area contributed by atoms with Crippen molar-refractivity contribution in [3.63, 3.8) is 0 Å². The van der Waals surface area contributed by atoms with E-state index in [1.165, 1.54) is 12.5 Å². The number of nitrogen functional groups attached to an aromatic ring is 1. The SMILES string of the molecule is Nc1ccc(CCC(=O)c2ccoc2)cc1. The molecule has 16 heavy (non-hydrogen) atoms. The van der Waals surface area contributed by atoms with Crippen LogP contribution in [0.2, 0.25) is 0 Å². The van der Waals surface area contributed by atoms with Gasteiger partial charge < -0.3 is 10.2 Å².